The van der Waals surface area contributed by atoms with Gasteiger partial charge in [-0.15, -0.1) is 0 Å². The number of carbonyl (C=O) groups is 1. The minimum Gasteiger partial charge on any atom is -0.444 e. The summed E-state index contributed by atoms with van der Waals surface area (Å²) in [7, 11) is -3.71. The SMILES string of the molecule is CC(C)(C)OC(=O)N1CCC(N(CCc2ccc(Br)cc2)Cc2ccc(S(N)(=O)=O)cc2)CC1. The molecule has 0 saturated carbocycles. The van der Waals surface area contributed by atoms with Crippen LogP contribution in [0.4, 0.5) is 4.79 Å². The number of benzene rings is 2. The van der Waals surface area contributed by atoms with Crippen LogP contribution in [0, 0.1) is 0 Å². The molecule has 0 atom stereocenters. The van der Waals surface area contributed by atoms with Crippen LogP contribution in [-0.4, -0.2) is 55.6 Å². The highest BCUT2D eigenvalue weighted by Gasteiger charge is 2.29. The maximum absolute atomic E-state index is 12.5. The van der Waals surface area contributed by atoms with E-state index in [0.29, 0.717) is 25.7 Å². The first-order chi connectivity index (χ1) is 15.9. The molecule has 0 bridgehead atoms. The van der Waals surface area contributed by atoms with Gasteiger partial charge in [-0.3, -0.25) is 4.90 Å². The third-order valence-corrected chi connectivity index (χ3v) is 7.33. The number of primary sulfonamides is 1. The molecule has 1 heterocycles. The monoisotopic (exact) mass is 551 g/mol. The van der Waals surface area contributed by atoms with E-state index in [9.17, 15) is 13.2 Å². The van der Waals surface area contributed by atoms with Crippen molar-refractivity contribution in [3.63, 3.8) is 0 Å². The third-order valence-electron chi connectivity index (χ3n) is 5.87. The first kappa shape index (κ1) is 26.7. The number of hydrogen-bond donors (Lipinski definition) is 1. The van der Waals surface area contributed by atoms with Crippen molar-refractivity contribution in [1.82, 2.24) is 9.80 Å². The van der Waals surface area contributed by atoms with Crippen LogP contribution in [0.5, 0.6) is 0 Å². The lowest BCUT2D eigenvalue weighted by Gasteiger charge is -2.39. The molecule has 7 nitrogen and oxygen atoms in total. The average molecular weight is 553 g/mol. The van der Waals surface area contributed by atoms with Gasteiger partial charge in [0.05, 0.1) is 4.90 Å². The second-order valence-electron chi connectivity index (χ2n) is 9.73. The Morgan fingerprint density at radius 3 is 2.15 bits per heavy atom. The molecule has 1 aliphatic rings. The number of nitrogens with zero attached hydrogens (tertiary/aromatic N) is 2. The van der Waals surface area contributed by atoms with Crippen molar-refractivity contribution >= 4 is 32.0 Å². The van der Waals surface area contributed by atoms with Crippen LogP contribution in [-0.2, 0) is 27.7 Å². The Balaban J connectivity index is 1.68. The van der Waals surface area contributed by atoms with Gasteiger partial charge in [-0.05, 0) is 75.4 Å². The normalized spacial score (nSPS) is 15.5. The molecule has 3 rings (SSSR count). The van der Waals surface area contributed by atoms with E-state index in [4.69, 9.17) is 9.88 Å². The summed E-state index contributed by atoms with van der Waals surface area (Å²) in [6.07, 6.45) is 2.35. The highest BCUT2D eigenvalue weighted by atomic mass is 79.9. The van der Waals surface area contributed by atoms with Gasteiger partial charge in [0.1, 0.15) is 5.60 Å². The Kier molecular flexibility index (Phi) is 8.78. The van der Waals surface area contributed by atoms with E-state index in [1.165, 1.54) is 5.56 Å². The number of hydrogen-bond acceptors (Lipinski definition) is 5. The van der Waals surface area contributed by atoms with E-state index in [1.807, 2.05) is 45.0 Å². The molecular formula is C25H34BrN3O4S. The molecule has 1 fully saturated rings. The van der Waals surface area contributed by atoms with Gasteiger partial charge in [-0.1, -0.05) is 40.2 Å². The summed E-state index contributed by atoms with van der Waals surface area (Å²) >= 11 is 3.48. The summed E-state index contributed by atoms with van der Waals surface area (Å²) in [4.78, 5) is 16.8. The molecule has 0 unspecified atom stereocenters. The third kappa shape index (κ3) is 8.08. The molecule has 0 aliphatic carbocycles. The quantitative estimate of drug-likeness (QED) is 0.545. The Labute approximate surface area is 211 Å². The maximum Gasteiger partial charge on any atom is 0.410 e. The van der Waals surface area contributed by atoms with E-state index >= 15 is 0 Å². The molecule has 186 valence electrons. The van der Waals surface area contributed by atoms with E-state index in [2.05, 4.69) is 33.0 Å². The average Bonchev–Trinajstić information content (AvgIpc) is 2.76. The molecule has 0 radical (unpaired) electrons. The molecule has 0 spiro atoms. The van der Waals surface area contributed by atoms with Gasteiger partial charge in [0.25, 0.3) is 0 Å². The van der Waals surface area contributed by atoms with Crippen molar-refractivity contribution in [2.24, 2.45) is 5.14 Å². The van der Waals surface area contributed by atoms with Crippen molar-refractivity contribution in [1.29, 1.82) is 0 Å². The van der Waals surface area contributed by atoms with Crippen molar-refractivity contribution in [3.8, 4) is 0 Å². The zero-order valence-corrected chi connectivity index (χ0v) is 22.4. The number of sulfonamides is 1. The van der Waals surface area contributed by atoms with Gasteiger partial charge in [-0.25, -0.2) is 18.4 Å². The van der Waals surface area contributed by atoms with Crippen molar-refractivity contribution < 1.29 is 17.9 Å². The number of halogens is 1. The van der Waals surface area contributed by atoms with Gasteiger partial charge in [-0.2, -0.15) is 0 Å². The van der Waals surface area contributed by atoms with E-state index in [0.717, 1.165) is 35.8 Å². The highest BCUT2D eigenvalue weighted by molar-refractivity contribution is 9.10. The van der Waals surface area contributed by atoms with Gasteiger partial charge < -0.3 is 9.64 Å². The molecule has 2 aromatic rings. The number of piperidine rings is 1. The molecule has 9 heteroatoms. The predicted molar refractivity (Wildman–Crippen MR) is 137 cm³/mol. The van der Waals surface area contributed by atoms with Crippen LogP contribution in [0.2, 0.25) is 0 Å². The number of likely N-dealkylation sites (tertiary alicyclic amines) is 1. The fraction of sp³-hybridized carbons (Fsp3) is 0.480. The van der Waals surface area contributed by atoms with E-state index < -0.39 is 15.6 Å². The summed E-state index contributed by atoms with van der Waals surface area (Å²) in [6, 6.07) is 15.4. The van der Waals surface area contributed by atoms with Gasteiger partial charge in [0.2, 0.25) is 10.0 Å². The summed E-state index contributed by atoms with van der Waals surface area (Å²) in [6.45, 7) is 8.49. The van der Waals surface area contributed by atoms with Crippen LogP contribution in [0.3, 0.4) is 0 Å². The summed E-state index contributed by atoms with van der Waals surface area (Å²) in [5, 5.41) is 5.24. The zero-order chi connectivity index (χ0) is 24.9. The Morgan fingerprint density at radius 2 is 1.62 bits per heavy atom. The van der Waals surface area contributed by atoms with Gasteiger partial charge in [0, 0.05) is 36.7 Å². The van der Waals surface area contributed by atoms with E-state index in [-0.39, 0.29) is 11.0 Å². The lowest BCUT2D eigenvalue weighted by atomic mass is 10.0. The first-order valence-electron chi connectivity index (χ1n) is 11.5. The van der Waals surface area contributed by atoms with Gasteiger partial charge in [0.15, 0.2) is 0 Å². The molecule has 2 N–H and O–H groups in total. The molecule has 2 aromatic carbocycles. The van der Waals surface area contributed by atoms with Crippen LogP contribution in [0.25, 0.3) is 0 Å². The number of nitrogens with two attached hydrogens (primary N) is 1. The fourth-order valence-corrected chi connectivity index (χ4v) is 4.85. The predicted octanol–water partition coefficient (Wildman–Crippen LogP) is 4.54. The standard InChI is InChI=1S/C25H34BrN3O4S/c1-25(2,3)33-24(30)28-16-13-22(14-17-28)29(15-12-19-4-8-21(26)9-5-19)18-20-6-10-23(11-7-20)34(27,31)32/h4-11,22H,12-18H2,1-3H3,(H2,27,31,32). The second kappa shape index (κ2) is 11.2. The van der Waals surface area contributed by atoms with Crippen LogP contribution in [0.1, 0.15) is 44.7 Å². The molecule has 34 heavy (non-hydrogen) atoms. The summed E-state index contributed by atoms with van der Waals surface area (Å²) < 4.78 is 29.8. The summed E-state index contributed by atoms with van der Waals surface area (Å²) in [5.41, 5.74) is 1.77. The number of amides is 1. The minimum atomic E-state index is -3.71. The largest absolute Gasteiger partial charge is 0.444 e. The fourth-order valence-electron chi connectivity index (χ4n) is 4.07. The topological polar surface area (TPSA) is 92.9 Å². The Morgan fingerprint density at radius 1 is 1.06 bits per heavy atom. The molecular weight excluding hydrogens is 518 g/mol. The zero-order valence-electron chi connectivity index (χ0n) is 20.0. The Hall–Kier alpha value is -1.94. The smallest absolute Gasteiger partial charge is 0.410 e. The lowest BCUT2D eigenvalue weighted by Crippen LogP contribution is -2.48. The number of carbonyl (C=O) groups excluding carboxylic acids is 1. The van der Waals surface area contributed by atoms with Crippen molar-refractivity contribution in [3.05, 3.63) is 64.1 Å². The number of ether oxygens (including phenoxy) is 1. The van der Waals surface area contributed by atoms with Crippen LogP contribution in [0.15, 0.2) is 57.9 Å². The lowest BCUT2D eigenvalue weighted by molar-refractivity contribution is 0.0138. The summed E-state index contributed by atoms with van der Waals surface area (Å²) in [5.74, 6) is 0. The van der Waals surface area contributed by atoms with Crippen LogP contribution < -0.4 is 5.14 Å². The molecule has 1 saturated heterocycles. The van der Waals surface area contributed by atoms with E-state index in [1.54, 1.807) is 17.0 Å². The van der Waals surface area contributed by atoms with Gasteiger partial charge >= 0.3 is 6.09 Å². The van der Waals surface area contributed by atoms with Crippen molar-refractivity contribution in [2.45, 2.75) is 63.1 Å². The Bertz CT molecular complexity index is 1060. The maximum atomic E-state index is 12.5. The molecule has 0 aromatic heterocycles. The minimum absolute atomic E-state index is 0.114. The van der Waals surface area contributed by atoms with Crippen LogP contribution >= 0.6 is 15.9 Å². The first-order valence-corrected chi connectivity index (χ1v) is 13.8. The molecule has 1 aliphatic heterocycles. The second-order valence-corrected chi connectivity index (χ2v) is 12.2. The molecule has 1 amide bonds. The highest BCUT2D eigenvalue weighted by Crippen LogP contribution is 2.22. The van der Waals surface area contributed by atoms with Crippen molar-refractivity contribution in [2.75, 3.05) is 19.6 Å². The number of rotatable bonds is 7.